The van der Waals surface area contributed by atoms with E-state index in [2.05, 4.69) is 96.1 Å². The topological polar surface area (TPSA) is 512 Å². The largest absolute Gasteiger partial charge is 0.497 e. The first-order valence-electron chi connectivity index (χ1n) is 49.8. The van der Waals surface area contributed by atoms with Gasteiger partial charge in [0.2, 0.25) is 70.5 Å². The van der Waals surface area contributed by atoms with Crippen LogP contribution in [-0.4, -0.2) is 270 Å². The SMILES string of the molecule is C=CCNC(=O)C(=O)C(CCC(F)(F)F)NC(=O)[C@@H]1[C@@H]2[C@H](CN1C(=O)[C@@H](NC(=O)N[C@H](C(=O)N(C)C)C(C)(C)C)C(C)(C)C)C2(C)C.C=CCNC(=O)C(=O)C(CCC(F)(F)F)NC(=O)[C@@H]1[C@@H]2[C@H](CN1C(=O)[C@@H](NC(=O)N[C@H](C(=O)NC(C)C)C(C)(C)C)C(C)(C)C)C2(C)C.COc1ccc(CNC(=O)C2(NC(=O)N[C@H](C(=O)N3C[C@H]4[C@@H]([C@H]3C(=O)NC(CC3CC3)C(=O)C(N)=O)C4(C)C)C(C)(C)C)CCCCC2)cc1. The van der Waals surface area contributed by atoms with Gasteiger partial charge in [0.25, 0.3) is 17.7 Å². The highest BCUT2D eigenvalue weighted by atomic mass is 19.4. The Morgan fingerprint density at radius 1 is 0.462 bits per heavy atom. The number of methoxy groups -OCH3 is 1. The molecule has 37 nitrogen and oxygen atoms in total. The van der Waals surface area contributed by atoms with Gasteiger partial charge in [0.1, 0.15) is 59.6 Å². The number of likely N-dealkylation sites (N-methyl/N-ethyl adjacent to an activating group) is 1. The van der Waals surface area contributed by atoms with Gasteiger partial charge in [0.15, 0.2) is 0 Å². The molecule has 43 heteroatoms. The standard InChI is InChI=1S/C37H54N6O7.C33H53F3N6O6.C32H51F3N6O6/c1-35(2,3)29(41-34(49)42-37(16-8-7-9-17-37)33(48)39-19-22-12-14-23(50-6)15-13-22)32(47)43-20-24-26(36(24,4)5)27(43)31(46)40-25(18-21-10-11-21)28(44)30(38)45;1-12-15-37-26(45)22(43)19(13-14-33(34,35)36)39-25(44)21-20-18(32(20,10)11)16-42(21)28(47)24(31(7,8)9)41-29(48)40-23(30(4,5)6)27(46)38-17(2)3;1-12-15-36-25(44)21(42)18(13-14-32(33,34)35)37-24(43)20-19-17(31(19,8)9)16-41(20)27(46)23(30(5,6)7)39-28(47)38-22(29(2,3)4)26(45)40(10)11/h12-15,21,24-27,29H,7-11,16-20H2,1-6H3,(H2,38,45)(H,39,48)(H,40,46)(H2,41,42,49);12,17-21,23-24H,1,13-16H2,2-11H3,(H,37,45)(H,38,46)(H,39,44)(H2,40,41,48);12,17-20,22-23H,1,13-16H2,2-11H3,(H,36,44)(H,37,43)(H2,38,39,47)/t24-,25?,26-,27-,29+;18-,19?,20-,21-,23+,24+;17-,18?,19-,20-,22+,23+/m000/s1. The Hall–Kier alpha value is -11.5. The number of nitrogens with two attached hydrogens (primary N) is 1. The Balaban J connectivity index is 0.000000295. The molecule has 1 aromatic carbocycles. The molecule has 3 unspecified atom stereocenters. The number of amides is 18. The van der Waals surface area contributed by atoms with Crippen molar-refractivity contribution in [1.82, 2.24) is 88.7 Å². The molecule has 9 rings (SSSR count). The number of urea groups is 3. The van der Waals surface area contributed by atoms with Crippen LogP contribution in [-0.2, 0) is 78.5 Å². The fourth-order valence-electron chi connectivity index (χ4n) is 20.3. The molecule has 18 amide bonds. The Morgan fingerprint density at radius 2 is 0.800 bits per heavy atom. The van der Waals surface area contributed by atoms with Crippen LogP contribution in [0, 0.1) is 84.7 Å². The molecule has 0 bridgehead atoms. The molecule has 0 radical (unpaired) electrons. The summed E-state index contributed by atoms with van der Waals surface area (Å²) in [6.07, 6.45) is -5.80. The predicted octanol–water partition coefficient (Wildman–Crippen LogP) is 7.76. The van der Waals surface area contributed by atoms with Gasteiger partial charge in [-0.1, -0.05) is 202 Å². The fraction of sp³-hybridized carbons (Fsp3) is 0.725. The van der Waals surface area contributed by atoms with E-state index in [-0.39, 0.29) is 103 Å². The molecule has 0 aromatic heterocycles. The van der Waals surface area contributed by atoms with Gasteiger partial charge in [-0.05, 0) is 148 Å². The van der Waals surface area contributed by atoms with E-state index in [0.29, 0.717) is 31.6 Å². The van der Waals surface area contributed by atoms with Crippen molar-refractivity contribution in [3.05, 3.63) is 55.1 Å². The summed E-state index contributed by atoms with van der Waals surface area (Å²) < 4.78 is 84.1. The van der Waals surface area contributed by atoms with Crippen molar-refractivity contribution in [2.75, 3.05) is 53.9 Å². The van der Waals surface area contributed by atoms with Crippen molar-refractivity contribution < 1.29 is 117 Å². The number of ketones is 3. The summed E-state index contributed by atoms with van der Waals surface area (Å²) in [7, 11) is 4.70. The Labute approximate surface area is 847 Å². The quantitative estimate of drug-likeness (QED) is 0.0171. The predicted molar refractivity (Wildman–Crippen MR) is 527 cm³/mol. The van der Waals surface area contributed by atoms with Gasteiger partial charge in [-0.2, -0.15) is 26.3 Å². The van der Waals surface area contributed by atoms with Gasteiger partial charge in [-0.3, -0.25) is 71.9 Å². The summed E-state index contributed by atoms with van der Waals surface area (Å²) in [4.78, 5) is 245. The number of ether oxygens (including phenoxy) is 1. The number of piperidine rings is 3. The number of carbonyl (C=O) groups excluding carboxylic acids is 18. The van der Waals surface area contributed by atoms with Gasteiger partial charge < -0.3 is 99.2 Å². The zero-order valence-corrected chi connectivity index (χ0v) is 89.0. The highest BCUT2D eigenvalue weighted by Gasteiger charge is 2.73. The number of fused-ring (bicyclic) bond motifs is 3. The van der Waals surface area contributed by atoms with Crippen LogP contribution in [0.25, 0.3) is 0 Å². The normalized spacial score (nSPS) is 22.9. The maximum Gasteiger partial charge on any atom is 0.389 e. The zero-order chi connectivity index (χ0) is 110. The molecule has 145 heavy (non-hydrogen) atoms. The first-order chi connectivity index (χ1) is 66.5. The van der Waals surface area contributed by atoms with E-state index in [4.69, 9.17) is 10.5 Å². The van der Waals surface area contributed by atoms with E-state index in [1.54, 1.807) is 118 Å². The molecule has 17 atom stereocenters. The van der Waals surface area contributed by atoms with Crippen LogP contribution in [0.5, 0.6) is 5.75 Å². The number of rotatable bonds is 38. The third kappa shape index (κ3) is 31.1. The lowest BCUT2D eigenvalue weighted by atomic mass is 9.80. The lowest BCUT2D eigenvalue weighted by Gasteiger charge is -2.40. The van der Waals surface area contributed by atoms with Crippen LogP contribution in [0.2, 0.25) is 0 Å². The van der Waals surface area contributed by atoms with E-state index in [1.165, 1.54) is 31.8 Å². The van der Waals surface area contributed by atoms with Crippen molar-refractivity contribution in [1.29, 1.82) is 0 Å². The second-order valence-corrected chi connectivity index (χ2v) is 47.7. The molecule has 5 aliphatic carbocycles. The average Bonchev–Trinajstić information content (AvgIpc) is 1.53. The van der Waals surface area contributed by atoms with E-state index in [1.807, 2.05) is 72.7 Å². The van der Waals surface area contributed by atoms with Gasteiger partial charge in [-0.15, -0.1) is 13.2 Å². The number of nitrogens with zero attached hydrogens (tertiary/aromatic N) is 4. The highest BCUT2D eigenvalue weighted by molar-refractivity contribution is 6.39. The Kier molecular flexibility index (Phi) is 38.8. The number of benzene rings is 1. The molecule has 3 heterocycles. The van der Waals surface area contributed by atoms with Crippen molar-refractivity contribution in [2.24, 2.45) is 90.5 Å². The van der Waals surface area contributed by atoms with E-state index in [9.17, 15) is 113 Å². The third-order valence-corrected chi connectivity index (χ3v) is 29.3. The van der Waals surface area contributed by atoms with Gasteiger partial charge in [0.05, 0.1) is 25.2 Å². The molecule has 15 N–H and O–H groups in total. The molecule has 5 saturated carbocycles. The van der Waals surface area contributed by atoms with E-state index < -0.39 is 237 Å². The van der Waals surface area contributed by atoms with Crippen LogP contribution < -0.4 is 79.6 Å². The van der Waals surface area contributed by atoms with E-state index >= 15 is 0 Å². The lowest BCUT2D eigenvalue weighted by molar-refractivity contribution is -0.148. The lowest BCUT2D eigenvalue weighted by Crippen LogP contribution is -2.65. The summed E-state index contributed by atoms with van der Waals surface area (Å²) in [6, 6.07) is -8.16. The van der Waals surface area contributed by atoms with Crippen molar-refractivity contribution >= 4 is 106 Å². The molecule has 8 fully saturated rings. The monoisotopic (exact) mass is 2050 g/mol. The minimum atomic E-state index is -4.66. The van der Waals surface area contributed by atoms with Gasteiger partial charge >= 0.3 is 30.4 Å². The molecule has 1 aromatic rings. The molecule has 3 aliphatic heterocycles. The summed E-state index contributed by atoms with van der Waals surface area (Å²) in [5.41, 5.74) is 0.188. The van der Waals surface area contributed by atoms with Crippen molar-refractivity contribution in [3.63, 3.8) is 0 Å². The van der Waals surface area contributed by atoms with Crippen LogP contribution in [0.4, 0.5) is 40.7 Å². The number of hydrogen-bond acceptors (Lipinski definition) is 19. The molecular weight excluding hydrogens is 1900 g/mol. The fourth-order valence-corrected chi connectivity index (χ4v) is 20.3. The number of nitrogens with one attached hydrogen (secondary N) is 13. The maximum absolute atomic E-state index is 14.4. The number of hydrogen-bond donors (Lipinski definition) is 14. The zero-order valence-electron chi connectivity index (χ0n) is 89.0. The summed E-state index contributed by atoms with van der Waals surface area (Å²) >= 11 is 0. The average molecular weight is 2050 g/mol. The van der Waals surface area contributed by atoms with Gasteiger partial charge in [-0.25, -0.2) is 14.4 Å². The molecule has 3 saturated heterocycles. The molecule has 8 aliphatic rings. The maximum atomic E-state index is 14.4. The number of halogens is 6. The van der Waals surface area contributed by atoms with Crippen molar-refractivity contribution in [2.45, 2.75) is 333 Å². The smallest absolute Gasteiger partial charge is 0.389 e. The van der Waals surface area contributed by atoms with Crippen LogP contribution in [0.15, 0.2) is 49.6 Å². The van der Waals surface area contributed by atoms with E-state index in [0.717, 1.165) is 37.7 Å². The molecule has 812 valence electrons. The van der Waals surface area contributed by atoms with Crippen LogP contribution in [0.1, 0.15) is 242 Å². The summed E-state index contributed by atoms with van der Waals surface area (Å²) in [5.74, 6) is -11.9. The Bertz CT molecular complexity index is 4980. The number of Topliss-reactive ketones (excluding diaryl/α,β-unsaturated/α-hetero) is 3. The molecule has 0 spiro atoms. The minimum absolute atomic E-state index is 0.0604. The first kappa shape index (κ1) is 120. The second-order valence-electron chi connectivity index (χ2n) is 47.7. The van der Waals surface area contributed by atoms with Crippen LogP contribution in [0.3, 0.4) is 0 Å². The highest BCUT2D eigenvalue weighted by Crippen LogP contribution is 2.67. The van der Waals surface area contributed by atoms with Crippen molar-refractivity contribution in [3.8, 4) is 5.75 Å². The third-order valence-electron chi connectivity index (χ3n) is 29.3. The number of carbonyl (C=O) groups is 18. The number of likely N-dealkylation sites (tertiary alicyclic amines) is 3. The summed E-state index contributed by atoms with van der Waals surface area (Å²) in [5, 5.41) is 34.3. The first-order valence-corrected chi connectivity index (χ1v) is 49.8. The molecular formula is C102H158F6N18O19. The Morgan fingerprint density at radius 3 is 1.11 bits per heavy atom. The number of alkyl halides is 6. The number of primary amides is 1. The van der Waals surface area contributed by atoms with Gasteiger partial charge in [0, 0.05) is 72.2 Å². The summed E-state index contributed by atoms with van der Waals surface area (Å²) in [6.45, 7) is 49.2. The minimum Gasteiger partial charge on any atom is -0.497 e. The van der Waals surface area contributed by atoms with Crippen LogP contribution >= 0.6 is 0 Å². The second kappa shape index (κ2) is 46.7.